The number of hydrogen-bond acceptors (Lipinski definition) is 3. The van der Waals surface area contributed by atoms with Gasteiger partial charge < -0.3 is 9.84 Å². The zero-order chi connectivity index (χ0) is 17.7. The van der Waals surface area contributed by atoms with Gasteiger partial charge in [0.1, 0.15) is 0 Å². The molecule has 2 aromatic rings. The maximum atomic E-state index is 12.5. The largest absolute Gasteiger partial charge is 0.469 e. The van der Waals surface area contributed by atoms with Gasteiger partial charge in [-0.25, -0.2) is 0 Å². The van der Waals surface area contributed by atoms with Crippen LogP contribution in [0.25, 0.3) is 0 Å². The Morgan fingerprint density at radius 3 is 1.96 bits per heavy atom. The molecule has 0 amide bonds. The van der Waals surface area contributed by atoms with Crippen LogP contribution in [0.5, 0.6) is 0 Å². The van der Waals surface area contributed by atoms with E-state index < -0.39 is 20.1 Å². The average molecular weight is 343 g/mol. The van der Waals surface area contributed by atoms with E-state index in [9.17, 15) is 9.90 Å². The summed E-state index contributed by atoms with van der Waals surface area (Å²) in [6, 6.07) is 20.3. The number of hydrogen-bond donors (Lipinski definition) is 1. The highest BCUT2D eigenvalue weighted by Crippen LogP contribution is 2.36. The van der Waals surface area contributed by atoms with Crippen LogP contribution >= 0.6 is 0 Å². The molecule has 0 saturated heterocycles. The van der Waals surface area contributed by atoms with Crippen molar-refractivity contribution in [2.24, 2.45) is 5.92 Å². The fraction of sp³-hybridized carbons (Fsp3) is 0.350. The normalized spacial score (nSPS) is 15.4. The van der Waals surface area contributed by atoms with Crippen molar-refractivity contribution in [1.82, 2.24) is 0 Å². The monoisotopic (exact) mass is 342 g/mol. The SMILES string of the molecule is COC(=O)[C@@H]([C@H](C)O)[C@H](c1ccccc1)[Si](C)(C)c1ccccc1. The predicted molar refractivity (Wildman–Crippen MR) is 99.9 cm³/mol. The molecule has 3 atom stereocenters. The lowest BCUT2D eigenvalue weighted by atomic mass is 9.94. The maximum absolute atomic E-state index is 12.5. The first-order valence-electron chi connectivity index (χ1n) is 8.26. The van der Waals surface area contributed by atoms with Crippen LogP contribution in [-0.2, 0) is 9.53 Å². The molecule has 0 fully saturated rings. The lowest BCUT2D eigenvalue weighted by Crippen LogP contribution is -2.53. The van der Waals surface area contributed by atoms with E-state index in [1.165, 1.54) is 12.3 Å². The minimum Gasteiger partial charge on any atom is -0.469 e. The Morgan fingerprint density at radius 1 is 1.00 bits per heavy atom. The molecule has 1 N–H and O–H groups in total. The summed E-state index contributed by atoms with van der Waals surface area (Å²) in [4.78, 5) is 12.5. The molecule has 0 bridgehead atoms. The van der Waals surface area contributed by atoms with Gasteiger partial charge in [-0.1, -0.05) is 78.9 Å². The van der Waals surface area contributed by atoms with Gasteiger partial charge >= 0.3 is 5.97 Å². The second kappa shape index (κ2) is 7.77. The van der Waals surface area contributed by atoms with Gasteiger partial charge in [0.2, 0.25) is 0 Å². The quantitative estimate of drug-likeness (QED) is 0.648. The number of benzene rings is 2. The van der Waals surface area contributed by atoms with Crippen LogP contribution in [0.1, 0.15) is 18.0 Å². The first-order chi connectivity index (χ1) is 11.4. The zero-order valence-corrected chi connectivity index (χ0v) is 15.8. The Bertz CT molecular complexity index is 653. The molecule has 3 nitrogen and oxygen atoms in total. The summed E-state index contributed by atoms with van der Waals surface area (Å²) in [5.41, 5.74) is 1.00. The van der Waals surface area contributed by atoms with Crippen molar-refractivity contribution in [3.05, 3.63) is 66.2 Å². The third-order valence-corrected chi connectivity index (χ3v) is 8.88. The zero-order valence-electron chi connectivity index (χ0n) is 14.8. The standard InChI is InChI=1S/C20H26O3Si/c1-15(21)18(20(22)23-2)19(16-11-7-5-8-12-16)24(3,4)17-13-9-6-10-14-17/h5-15,18-19,21H,1-4H3/t15-,18-,19-/m0/s1. The van der Waals surface area contributed by atoms with Gasteiger partial charge in [0, 0.05) is 0 Å². The Labute approximate surface area is 145 Å². The second-order valence-corrected chi connectivity index (χ2v) is 11.4. The number of esters is 1. The number of carbonyl (C=O) groups excluding carboxylic acids is 1. The molecule has 0 aromatic heterocycles. The second-order valence-electron chi connectivity index (χ2n) is 6.77. The van der Waals surface area contributed by atoms with E-state index in [4.69, 9.17) is 4.74 Å². The number of aliphatic hydroxyl groups is 1. The molecule has 2 aromatic carbocycles. The third-order valence-electron chi connectivity index (χ3n) is 4.81. The molecule has 0 unspecified atom stereocenters. The Balaban J connectivity index is 2.61. The summed E-state index contributed by atoms with van der Waals surface area (Å²) in [5, 5.41) is 11.6. The van der Waals surface area contributed by atoms with Crippen molar-refractivity contribution in [1.29, 1.82) is 0 Å². The lowest BCUT2D eigenvalue weighted by molar-refractivity contribution is -0.149. The van der Waals surface area contributed by atoms with Gasteiger partial charge in [-0.05, 0) is 18.0 Å². The van der Waals surface area contributed by atoms with Crippen molar-refractivity contribution >= 4 is 19.2 Å². The minimum absolute atomic E-state index is 0.0754. The summed E-state index contributed by atoms with van der Waals surface area (Å²) in [5.74, 6) is -0.936. The van der Waals surface area contributed by atoms with Crippen LogP contribution in [0.3, 0.4) is 0 Å². The molecule has 24 heavy (non-hydrogen) atoms. The van der Waals surface area contributed by atoms with Crippen LogP contribution < -0.4 is 5.19 Å². The maximum Gasteiger partial charge on any atom is 0.311 e. The van der Waals surface area contributed by atoms with Crippen LogP contribution in [0, 0.1) is 5.92 Å². The highest BCUT2D eigenvalue weighted by molar-refractivity contribution is 6.91. The lowest BCUT2D eigenvalue weighted by Gasteiger charge is -2.39. The molecule has 4 heteroatoms. The van der Waals surface area contributed by atoms with E-state index in [2.05, 4.69) is 25.2 Å². The minimum atomic E-state index is -2.12. The predicted octanol–water partition coefficient (Wildman–Crippen LogP) is 3.10. The number of ether oxygens (including phenoxy) is 1. The highest BCUT2D eigenvalue weighted by atomic mass is 28.3. The van der Waals surface area contributed by atoms with E-state index >= 15 is 0 Å². The van der Waals surface area contributed by atoms with Gasteiger partial charge in [-0.3, -0.25) is 4.79 Å². The van der Waals surface area contributed by atoms with Gasteiger partial charge in [0.05, 0.1) is 27.2 Å². The van der Waals surface area contributed by atoms with Gasteiger partial charge in [-0.15, -0.1) is 0 Å². The van der Waals surface area contributed by atoms with Crippen LogP contribution in [0.2, 0.25) is 13.1 Å². The summed E-state index contributed by atoms with van der Waals surface area (Å²) in [6.07, 6.45) is -0.779. The molecule has 0 heterocycles. The van der Waals surface area contributed by atoms with Gasteiger partial charge in [-0.2, -0.15) is 0 Å². The van der Waals surface area contributed by atoms with Crippen LogP contribution in [0.4, 0.5) is 0 Å². The smallest absolute Gasteiger partial charge is 0.311 e. The molecule has 0 saturated carbocycles. The van der Waals surface area contributed by atoms with E-state index in [1.54, 1.807) is 6.92 Å². The Hall–Kier alpha value is -1.91. The summed E-state index contributed by atoms with van der Waals surface area (Å²) in [7, 11) is -0.730. The Morgan fingerprint density at radius 2 is 1.50 bits per heavy atom. The van der Waals surface area contributed by atoms with E-state index in [1.807, 2.05) is 48.5 Å². The molecule has 128 valence electrons. The summed E-state index contributed by atoms with van der Waals surface area (Å²) >= 11 is 0. The van der Waals surface area contributed by atoms with Gasteiger partial charge in [0.15, 0.2) is 0 Å². The van der Waals surface area contributed by atoms with Crippen molar-refractivity contribution in [2.75, 3.05) is 7.11 Å². The van der Waals surface area contributed by atoms with E-state index in [0.717, 1.165) is 5.56 Å². The first-order valence-corrected chi connectivity index (χ1v) is 11.3. The fourth-order valence-corrected chi connectivity index (χ4v) is 7.28. The van der Waals surface area contributed by atoms with Gasteiger partial charge in [0.25, 0.3) is 0 Å². The molecule has 0 spiro atoms. The fourth-order valence-electron chi connectivity index (χ4n) is 3.53. The first kappa shape index (κ1) is 18.4. The number of methoxy groups -OCH3 is 1. The van der Waals surface area contributed by atoms with E-state index in [0.29, 0.717) is 0 Å². The van der Waals surface area contributed by atoms with Crippen molar-refractivity contribution < 1.29 is 14.6 Å². The molecule has 0 aliphatic heterocycles. The molecule has 0 aliphatic rings. The molecule has 0 radical (unpaired) electrons. The van der Waals surface area contributed by atoms with Crippen molar-refractivity contribution in [3.63, 3.8) is 0 Å². The number of carbonyl (C=O) groups is 1. The molecule has 0 aliphatic carbocycles. The summed E-state index contributed by atoms with van der Waals surface area (Å²) in [6.45, 7) is 6.17. The Kier molecular flexibility index (Phi) is 5.97. The third kappa shape index (κ3) is 3.76. The number of aliphatic hydroxyl groups excluding tert-OH is 1. The topological polar surface area (TPSA) is 46.5 Å². The van der Waals surface area contributed by atoms with Crippen molar-refractivity contribution in [2.45, 2.75) is 31.7 Å². The van der Waals surface area contributed by atoms with Crippen LogP contribution in [0.15, 0.2) is 60.7 Å². The van der Waals surface area contributed by atoms with Crippen molar-refractivity contribution in [3.8, 4) is 0 Å². The highest BCUT2D eigenvalue weighted by Gasteiger charge is 2.45. The average Bonchev–Trinajstić information content (AvgIpc) is 2.60. The molecule has 2 rings (SSSR count). The summed E-state index contributed by atoms with van der Waals surface area (Å²) < 4.78 is 5.03. The molecular weight excluding hydrogens is 316 g/mol. The van der Waals surface area contributed by atoms with Crippen LogP contribution in [-0.4, -0.2) is 32.4 Å². The van der Waals surface area contributed by atoms with E-state index in [-0.39, 0.29) is 11.5 Å². The molecular formula is C20H26O3Si. The number of rotatable bonds is 6.